The molecule has 1 saturated heterocycles. The van der Waals surface area contributed by atoms with E-state index in [2.05, 4.69) is 6.92 Å². The maximum atomic E-state index is 11.0. The van der Waals surface area contributed by atoms with Crippen LogP contribution >= 0.6 is 0 Å². The van der Waals surface area contributed by atoms with Crippen molar-refractivity contribution >= 4 is 5.97 Å². The van der Waals surface area contributed by atoms with Crippen LogP contribution in [0.15, 0.2) is 0 Å². The Morgan fingerprint density at radius 2 is 1.95 bits per heavy atom. The van der Waals surface area contributed by atoms with E-state index < -0.39 is 0 Å². The summed E-state index contributed by atoms with van der Waals surface area (Å²) in [4.78, 5) is 11.0. The van der Waals surface area contributed by atoms with Gasteiger partial charge in [0.2, 0.25) is 0 Å². The van der Waals surface area contributed by atoms with Gasteiger partial charge in [-0.25, -0.2) is 0 Å². The summed E-state index contributed by atoms with van der Waals surface area (Å²) in [5.41, 5.74) is 0. The number of ether oxygens (including phenoxy) is 3. The average molecular weight is 272 g/mol. The van der Waals surface area contributed by atoms with Gasteiger partial charge in [-0.15, -0.1) is 0 Å². The predicted molar refractivity (Wildman–Crippen MR) is 73.9 cm³/mol. The van der Waals surface area contributed by atoms with E-state index in [4.69, 9.17) is 14.2 Å². The molecule has 0 aromatic rings. The van der Waals surface area contributed by atoms with E-state index in [9.17, 15) is 4.79 Å². The number of rotatable bonds is 9. The molecule has 0 aromatic carbocycles. The third kappa shape index (κ3) is 7.53. The molecular weight excluding hydrogens is 244 g/mol. The normalized spacial score (nSPS) is 23.3. The summed E-state index contributed by atoms with van der Waals surface area (Å²) in [5.74, 6) is -0.260. The van der Waals surface area contributed by atoms with Crippen molar-refractivity contribution in [2.45, 2.75) is 77.6 Å². The maximum Gasteiger partial charge on any atom is 0.303 e. The second-order valence-electron chi connectivity index (χ2n) is 5.17. The lowest BCUT2D eigenvalue weighted by Crippen LogP contribution is -2.39. The van der Waals surface area contributed by atoms with Crippen LogP contribution in [0.2, 0.25) is 0 Å². The summed E-state index contributed by atoms with van der Waals surface area (Å²) >= 11 is 0. The Bertz CT molecular complexity index is 242. The SMILES string of the molecule is CCCCCCCCO[C@@H]1OCCC[C@H]1OC(C)=O. The molecule has 1 aliphatic heterocycles. The van der Waals surface area contributed by atoms with Gasteiger partial charge in [-0.3, -0.25) is 4.79 Å². The molecular formula is C15H28O4. The molecule has 0 spiro atoms. The van der Waals surface area contributed by atoms with Crippen molar-refractivity contribution in [3.8, 4) is 0 Å². The zero-order chi connectivity index (χ0) is 13.9. The first kappa shape index (κ1) is 16.4. The first-order valence-corrected chi connectivity index (χ1v) is 7.64. The highest BCUT2D eigenvalue weighted by Crippen LogP contribution is 2.19. The topological polar surface area (TPSA) is 44.8 Å². The Balaban J connectivity index is 2.09. The number of carbonyl (C=O) groups excluding carboxylic acids is 1. The minimum atomic E-state index is -0.367. The van der Waals surface area contributed by atoms with Crippen LogP contribution < -0.4 is 0 Å². The maximum absolute atomic E-state index is 11.0. The van der Waals surface area contributed by atoms with Crippen LogP contribution in [-0.2, 0) is 19.0 Å². The van der Waals surface area contributed by atoms with E-state index in [-0.39, 0.29) is 18.4 Å². The Morgan fingerprint density at radius 1 is 1.21 bits per heavy atom. The fourth-order valence-electron chi connectivity index (χ4n) is 2.29. The molecule has 112 valence electrons. The van der Waals surface area contributed by atoms with Crippen molar-refractivity contribution in [3.05, 3.63) is 0 Å². The summed E-state index contributed by atoms with van der Waals surface area (Å²) in [6.45, 7) is 5.03. The molecule has 1 fully saturated rings. The highest BCUT2D eigenvalue weighted by Gasteiger charge is 2.29. The van der Waals surface area contributed by atoms with E-state index >= 15 is 0 Å². The van der Waals surface area contributed by atoms with Crippen LogP contribution in [0.4, 0.5) is 0 Å². The number of hydrogen-bond acceptors (Lipinski definition) is 4. The molecule has 0 radical (unpaired) electrons. The summed E-state index contributed by atoms with van der Waals surface area (Å²) in [7, 11) is 0. The Kier molecular flexibility index (Phi) is 8.84. The standard InChI is InChI=1S/C15H28O4/c1-3-4-5-6-7-8-11-17-15-14(19-13(2)16)10-9-12-18-15/h14-15H,3-12H2,1-2H3/t14-,15-/m1/s1. The first-order chi connectivity index (χ1) is 9.24. The van der Waals surface area contributed by atoms with Crippen LogP contribution in [0.25, 0.3) is 0 Å². The zero-order valence-corrected chi connectivity index (χ0v) is 12.4. The minimum Gasteiger partial charge on any atom is -0.457 e. The van der Waals surface area contributed by atoms with Crippen LogP contribution in [0, 0.1) is 0 Å². The lowest BCUT2D eigenvalue weighted by Gasteiger charge is -2.30. The molecule has 0 saturated carbocycles. The molecule has 19 heavy (non-hydrogen) atoms. The molecule has 1 rings (SSSR count). The third-order valence-electron chi connectivity index (χ3n) is 3.32. The van der Waals surface area contributed by atoms with Crippen LogP contribution in [0.1, 0.15) is 65.2 Å². The average Bonchev–Trinajstić information content (AvgIpc) is 2.39. The van der Waals surface area contributed by atoms with Crippen molar-refractivity contribution in [2.24, 2.45) is 0 Å². The van der Waals surface area contributed by atoms with E-state index in [0.29, 0.717) is 13.2 Å². The van der Waals surface area contributed by atoms with Gasteiger partial charge in [0.15, 0.2) is 12.4 Å². The molecule has 2 atom stereocenters. The largest absolute Gasteiger partial charge is 0.457 e. The zero-order valence-electron chi connectivity index (χ0n) is 12.4. The quantitative estimate of drug-likeness (QED) is 0.476. The van der Waals surface area contributed by atoms with E-state index in [1.54, 1.807) is 0 Å². The van der Waals surface area contributed by atoms with Gasteiger partial charge >= 0.3 is 5.97 Å². The first-order valence-electron chi connectivity index (χ1n) is 7.64. The molecule has 4 nitrogen and oxygen atoms in total. The van der Waals surface area contributed by atoms with Crippen molar-refractivity contribution in [1.29, 1.82) is 0 Å². The van der Waals surface area contributed by atoms with Crippen molar-refractivity contribution in [3.63, 3.8) is 0 Å². The molecule has 0 amide bonds. The second-order valence-corrected chi connectivity index (χ2v) is 5.17. The fourth-order valence-corrected chi connectivity index (χ4v) is 2.29. The number of carbonyl (C=O) groups is 1. The molecule has 0 aromatic heterocycles. The van der Waals surface area contributed by atoms with Crippen LogP contribution in [0.5, 0.6) is 0 Å². The Labute approximate surface area is 116 Å². The summed E-state index contributed by atoms with van der Waals surface area (Å²) in [5, 5.41) is 0. The molecule has 0 N–H and O–H groups in total. The summed E-state index contributed by atoms with van der Waals surface area (Å²) in [6, 6.07) is 0. The molecule has 0 bridgehead atoms. The van der Waals surface area contributed by atoms with Crippen molar-refractivity contribution in [2.75, 3.05) is 13.2 Å². The summed E-state index contributed by atoms with van der Waals surface area (Å²) in [6.07, 6.45) is 8.59. The van der Waals surface area contributed by atoms with E-state index in [1.807, 2.05) is 0 Å². The van der Waals surface area contributed by atoms with Gasteiger partial charge in [0.25, 0.3) is 0 Å². The molecule has 1 heterocycles. The second kappa shape index (κ2) is 10.2. The highest BCUT2D eigenvalue weighted by atomic mass is 16.7. The number of hydrogen-bond donors (Lipinski definition) is 0. The third-order valence-corrected chi connectivity index (χ3v) is 3.32. The number of unbranched alkanes of at least 4 members (excludes halogenated alkanes) is 5. The van der Waals surface area contributed by atoms with Gasteiger partial charge < -0.3 is 14.2 Å². The van der Waals surface area contributed by atoms with Gasteiger partial charge in [-0.2, -0.15) is 0 Å². The monoisotopic (exact) mass is 272 g/mol. The van der Waals surface area contributed by atoms with E-state index in [1.165, 1.54) is 39.0 Å². The summed E-state index contributed by atoms with van der Waals surface area (Å²) < 4.78 is 16.5. The van der Waals surface area contributed by atoms with Gasteiger partial charge in [-0.1, -0.05) is 39.0 Å². The van der Waals surface area contributed by atoms with Gasteiger partial charge in [0, 0.05) is 13.5 Å². The van der Waals surface area contributed by atoms with Crippen LogP contribution in [-0.4, -0.2) is 31.6 Å². The molecule has 0 aliphatic carbocycles. The van der Waals surface area contributed by atoms with Gasteiger partial charge in [0.1, 0.15) is 0 Å². The van der Waals surface area contributed by atoms with Crippen LogP contribution in [0.3, 0.4) is 0 Å². The molecule has 0 unspecified atom stereocenters. The lowest BCUT2D eigenvalue weighted by molar-refractivity contribution is -0.226. The Hall–Kier alpha value is -0.610. The lowest BCUT2D eigenvalue weighted by atomic mass is 10.1. The smallest absolute Gasteiger partial charge is 0.303 e. The van der Waals surface area contributed by atoms with Crippen molar-refractivity contribution in [1.82, 2.24) is 0 Å². The van der Waals surface area contributed by atoms with Gasteiger partial charge in [-0.05, 0) is 19.3 Å². The fraction of sp³-hybridized carbons (Fsp3) is 0.933. The minimum absolute atomic E-state index is 0.230. The van der Waals surface area contributed by atoms with Crippen molar-refractivity contribution < 1.29 is 19.0 Å². The highest BCUT2D eigenvalue weighted by molar-refractivity contribution is 5.66. The van der Waals surface area contributed by atoms with Gasteiger partial charge in [0.05, 0.1) is 6.61 Å². The number of esters is 1. The molecule has 1 aliphatic rings. The Morgan fingerprint density at radius 3 is 2.68 bits per heavy atom. The predicted octanol–water partition coefficient (Wildman–Crippen LogP) is 3.43. The molecule has 4 heteroatoms. The van der Waals surface area contributed by atoms with E-state index in [0.717, 1.165) is 19.3 Å².